The third-order valence-corrected chi connectivity index (χ3v) is 3.81. The van der Waals surface area contributed by atoms with Crippen LogP contribution in [0.2, 0.25) is 0 Å². The summed E-state index contributed by atoms with van der Waals surface area (Å²) in [5.74, 6) is 3.38. The molecule has 0 aliphatic carbocycles. The van der Waals surface area contributed by atoms with E-state index in [2.05, 4.69) is 57.6 Å². The van der Waals surface area contributed by atoms with E-state index in [0.717, 1.165) is 51.5 Å². The van der Waals surface area contributed by atoms with E-state index in [0.29, 0.717) is 6.54 Å². The molecule has 22 heavy (non-hydrogen) atoms. The van der Waals surface area contributed by atoms with Crippen LogP contribution in [0.4, 0.5) is 0 Å². The number of terminal acetylenes is 1. The lowest BCUT2D eigenvalue weighted by Gasteiger charge is -2.28. The third-order valence-electron chi connectivity index (χ3n) is 3.81. The molecule has 0 aromatic heterocycles. The molecule has 1 aromatic carbocycles. The number of hydrogen-bond donors (Lipinski definition) is 2. The fraction of sp³-hybridized carbons (Fsp3) is 0.500. The Kier molecular flexibility index (Phi) is 6.79. The van der Waals surface area contributed by atoms with Gasteiger partial charge < -0.3 is 10.6 Å². The van der Waals surface area contributed by atoms with E-state index >= 15 is 0 Å². The van der Waals surface area contributed by atoms with E-state index in [1.807, 2.05) is 0 Å². The second-order valence-corrected chi connectivity index (χ2v) is 5.47. The number of nitrogens with one attached hydrogen (secondary N) is 2. The summed E-state index contributed by atoms with van der Waals surface area (Å²) in [4.78, 5) is 7.07. The Morgan fingerprint density at radius 3 is 2.91 bits per heavy atom. The monoisotopic (exact) mass is 298 g/mol. The van der Waals surface area contributed by atoms with Gasteiger partial charge in [0.15, 0.2) is 5.96 Å². The Morgan fingerprint density at radius 1 is 1.32 bits per heavy atom. The normalized spacial score (nSPS) is 15.0. The van der Waals surface area contributed by atoms with Crippen LogP contribution in [0.5, 0.6) is 0 Å². The first-order valence-electron chi connectivity index (χ1n) is 8.08. The number of aliphatic imine (C=N–C) groups is 1. The van der Waals surface area contributed by atoms with Crippen LogP contribution in [0.1, 0.15) is 24.5 Å². The lowest BCUT2D eigenvalue weighted by Crippen LogP contribution is -2.37. The number of guanidine groups is 1. The molecular weight excluding hydrogens is 272 g/mol. The molecule has 1 aromatic rings. The van der Waals surface area contributed by atoms with E-state index in [-0.39, 0.29) is 0 Å². The molecular formula is C18H26N4. The molecule has 4 heteroatoms. The zero-order valence-electron chi connectivity index (χ0n) is 13.4. The highest BCUT2D eigenvalue weighted by molar-refractivity contribution is 5.79. The molecule has 1 aliphatic rings. The van der Waals surface area contributed by atoms with Crippen LogP contribution in [0, 0.1) is 12.3 Å². The van der Waals surface area contributed by atoms with Crippen molar-refractivity contribution in [2.24, 2.45) is 4.99 Å². The molecule has 0 saturated heterocycles. The van der Waals surface area contributed by atoms with Crippen molar-refractivity contribution in [1.29, 1.82) is 0 Å². The van der Waals surface area contributed by atoms with Crippen LogP contribution in [0.3, 0.4) is 0 Å². The van der Waals surface area contributed by atoms with Crippen molar-refractivity contribution >= 4 is 5.96 Å². The summed E-state index contributed by atoms with van der Waals surface area (Å²) < 4.78 is 0. The summed E-state index contributed by atoms with van der Waals surface area (Å²) in [5.41, 5.74) is 2.98. The minimum absolute atomic E-state index is 0.509. The fourth-order valence-electron chi connectivity index (χ4n) is 2.71. The van der Waals surface area contributed by atoms with E-state index in [4.69, 9.17) is 6.42 Å². The first kappa shape index (κ1) is 16.4. The lowest BCUT2D eigenvalue weighted by molar-refractivity contribution is 0.252. The predicted octanol–water partition coefficient (Wildman–Crippen LogP) is 1.62. The molecule has 4 nitrogen and oxygen atoms in total. The van der Waals surface area contributed by atoms with Gasteiger partial charge in [0.05, 0.1) is 6.54 Å². The second-order valence-electron chi connectivity index (χ2n) is 5.47. The van der Waals surface area contributed by atoms with Crippen LogP contribution < -0.4 is 10.6 Å². The van der Waals surface area contributed by atoms with Crippen molar-refractivity contribution < 1.29 is 0 Å². The molecule has 0 bridgehead atoms. The Bertz CT molecular complexity index is 530. The third kappa shape index (κ3) is 5.09. The number of hydrogen-bond acceptors (Lipinski definition) is 2. The summed E-state index contributed by atoms with van der Waals surface area (Å²) in [5, 5.41) is 6.31. The summed E-state index contributed by atoms with van der Waals surface area (Å²) in [7, 11) is 0. The maximum atomic E-state index is 5.26. The van der Waals surface area contributed by atoms with E-state index in [1.165, 1.54) is 11.1 Å². The van der Waals surface area contributed by atoms with E-state index in [9.17, 15) is 0 Å². The average Bonchev–Trinajstić information content (AvgIpc) is 2.56. The van der Waals surface area contributed by atoms with Gasteiger partial charge in [0, 0.05) is 32.7 Å². The molecule has 2 rings (SSSR count). The molecule has 1 heterocycles. The van der Waals surface area contributed by atoms with Gasteiger partial charge in [-0.05, 0) is 30.9 Å². The van der Waals surface area contributed by atoms with Crippen LogP contribution in [0.25, 0.3) is 0 Å². The highest BCUT2D eigenvalue weighted by Crippen LogP contribution is 2.18. The van der Waals surface area contributed by atoms with Crippen molar-refractivity contribution in [3.05, 3.63) is 35.4 Å². The molecule has 0 saturated carbocycles. The van der Waals surface area contributed by atoms with Crippen LogP contribution in [-0.4, -0.2) is 43.6 Å². The number of nitrogens with zero attached hydrogens (tertiary/aromatic N) is 2. The predicted molar refractivity (Wildman–Crippen MR) is 92.9 cm³/mol. The maximum absolute atomic E-state index is 5.26. The van der Waals surface area contributed by atoms with Crippen molar-refractivity contribution in [3.63, 3.8) is 0 Å². The van der Waals surface area contributed by atoms with Gasteiger partial charge in [0.1, 0.15) is 0 Å². The van der Waals surface area contributed by atoms with Gasteiger partial charge in [-0.1, -0.05) is 30.2 Å². The SMILES string of the molecule is C#CCNC(=NCCCN1CCc2ccccc2C1)NCC. The van der Waals surface area contributed by atoms with E-state index < -0.39 is 0 Å². The smallest absolute Gasteiger partial charge is 0.192 e. The number of benzene rings is 1. The largest absolute Gasteiger partial charge is 0.357 e. The summed E-state index contributed by atoms with van der Waals surface area (Å²) in [6.07, 6.45) is 7.49. The molecule has 0 fully saturated rings. The van der Waals surface area contributed by atoms with Crippen molar-refractivity contribution in [2.75, 3.05) is 32.7 Å². The number of rotatable bonds is 6. The Hall–Kier alpha value is -1.99. The van der Waals surface area contributed by atoms with Gasteiger partial charge in [-0.15, -0.1) is 6.42 Å². The van der Waals surface area contributed by atoms with Gasteiger partial charge in [0.2, 0.25) is 0 Å². The minimum atomic E-state index is 0.509. The highest BCUT2D eigenvalue weighted by atomic mass is 15.2. The zero-order chi connectivity index (χ0) is 15.6. The fourth-order valence-corrected chi connectivity index (χ4v) is 2.71. The topological polar surface area (TPSA) is 39.7 Å². The quantitative estimate of drug-likeness (QED) is 0.363. The van der Waals surface area contributed by atoms with Crippen molar-refractivity contribution in [3.8, 4) is 12.3 Å². The highest BCUT2D eigenvalue weighted by Gasteiger charge is 2.14. The molecule has 0 radical (unpaired) electrons. The van der Waals surface area contributed by atoms with Gasteiger partial charge in [-0.2, -0.15) is 0 Å². The second kappa shape index (κ2) is 9.11. The molecule has 0 spiro atoms. The molecule has 1 aliphatic heterocycles. The molecule has 0 amide bonds. The molecule has 0 atom stereocenters. The van der Waals surface area contributed by atoms with Crippen molar-refractivity contribution in [2.45, 2.75) is 26.3 Å². The zero-order valence-corrected chi connectivity index (χ0v) is 13.4. The Morgan fingerprint density at radius 2 is 2.14 bits per heavy atom. The van der Waals surface area contributed by atoms with Crippen LogP contribution >= 0.6 is 0 Å². The minimum Gasteiger partial charge on any atom is -0.357 e. The summed E-state index contributed by atoms with van der Waals surface area (Å²) >= 11 is 0. The van der Waals surface area contributed by atoms with Crippen LogP contribution in [0.15, 0.2) is 29.3 Å². The van der Waals surface area contributed by atoms with Gasteiger partial charge >= 0.3 is 0 Å². The van der Waals surface area contributed by atoms with Gasteiger partial charge in [-0.3, -0.25) is 9.89 Å². The number of fused-ring (bicyclic) bond motifs is 1. The standard InChI is InChI=1S/C18H26N4/c1-3-11-20-18(19-4-2)21-12-7-13-22-14-10-16-8-5-6-9-17(16)15-22/h1,5-6,8-9H,4,7,10-15H2,2H3,(H2,19,20,21). The molecule has 118 valence electrons. The van der Waals surface area contributed by atoms with Crippen LogP contribution in [-0.2, 0) is 13.0 Å². The Labute approximate surface area is 134 Å². The average molecular weight is 298 g/mol. The van der Waals surface area contributed by atoms with Gasteiger partial charge in [0.25, 0.3) is 0 Å². The first-order chi connectivity index (χ1) is 10.8. The first-order valence-corrected chi connectivity index (χ1v) is 8.08. The van der Waals surface area contributed by atoms with Gasteiger partial charge in [-0.25, -0.2) is 0 Å². The summed E-state index contributed by atoms with van der Waals surface area (Å²) in [6.45, 7) is 7.53. The van der Waals surface area contributed by atoms with E-state index in [1.54, 1.807) is 0 Å². The molecule has 0 unspecified atom stereocenters. The van der Waals surface area contributed by atoms with Crippen molar-refractivity contribution in [1.82, 2.24) is 15.5 Å². The molecule has 2 N–H and O–H groups in total. The summed E-state index contributed by atoms with van der Waals surface area (Å²) in [6, 6.07) is 8.75. The maximum Gasteiger partial charge on any atom is 0.192 e. The lowest BCUT2D eigenvalue weighted by atomic mass is 10.00. The Balaban J connectivity index is 1.73.